The van der Waals surface area contributed by atoms with Gasteiger partial charge in [-0.15, -0.1) is 0 Å². The molecule has 0 bridgehead atoms. The molecule has 0 aromatic heterocycles. The number of nitrogens with two attached hydrogens (primary N) is 1. The van der Waals surface area contributed by atoms with Crippen molar-refractivity contribution >= 4 is 11.9 Å². The van der Waals surface area contributed by atoms with Crippen molar-refractivity contribution in [3.63, 3.8) is 0 Å². The fraction of sp³-hybridized carbons (Fsp3) is 0.385. The summed E-state index contributed by atoms with van der Waals surface area (Å²) >= 11 is 0. The van der Waals surface area contributed by atoms with Gasteiger partial charge in [0.1, 0.15) is 0 Å². The van der Waals surface area contributed by atoms with Crippen LogP contribution >= 0.6 is 0 Å². The number of aliphatic hydroxyl groups is 1. The van der Waals surface area contributed by atoms with Crippen LogP contribution in [0.25, 0.3) is 0 Å². The largest absolute Gasteiger partial charge is 0.479 e. The monoisotopic (exact) mass is 266 g/mol. The number of carboxylic acids is 1. The predicted molar refractivity (Wildman–Crippen MR) is 69.3 cm³/mol. The van der Waals surface area contributed by atoms with E-state index < -0.39 is 12.1 Å². The molecule has 0 spiro atoms. The molecule has 104 valence electrons. The van der Waals surface area contributed by atoms with E-state index in [9.17, 15) is 9.59 Å². The van der Waals surface area contributed by atoms with Crippen LogP contribution in [-0.4, -0.2) is 34.7 Å². The van der Waals surface area contributed by atoms with Gasteiger partial charge in [0, 0.05) is 0 Å². The highest BCUT2D eigenvalue weighted by Gasteiger charge is 2.18. The zero-order valence-electron chi connectivity index (χ0n) is 10.5. The van der Waals surface area contributed by atoms with Crippen LogP contribution in [0.4, 0.5) is 0 Å². The number of primary amides is 1. The van der Waals surface area contributed by atoms with Crippen LogP contribution in [0.5, 0.6) is 0 Å². The minimum atomic E-state index is -1.41. The maximum atomic E-state index is 10.4. The molecule has 6 nitrogen and oxygen atoms in total. The molecular formula is C13H18N2O4. The molecule has 1 fully saturated rings. The zero-order valence-corrected chi connectivity index (χ0v) is 10.5. The lowest BCUT2D eigenvalue weighted by Crippen LogP contribution is -2.36. The van der Waals surface area contributed by atoms with Gasteiger partial charge in [-0.2, -0.15) is 0 Å². The number of amides is 1. The molecule has 1 aromatic carbocycles. The van der Waals surface area contributed by atoms with E-state index in [-0.39, 0.29) is 11.9 Å². The Kier molecular flexibility index (Phi) is 5.98. The van der Waals surface area contributed by atoms with Gasteiger partial charge < -0.3 is 21.3 Å². The highest BCUT2D eigenvalue weighted by Crippen LogP contribution is 2.10. The Hall–Kier alpha value is -1.92. The lowest BCUT2D eigenvalue weighted by atomic mass is 10.1. The number of aliphatic hydroxyl groups excluding tert-OH is 1. The number of aliphatic carboxylic acids is 1. The summed E-state index contributed by atoms with van der Waals surface area (Å²) in [5, 5.41) is 20.4. The molecule has 1 aliphatic heterocycles. The standard InChI is InChI=1S/C8H8O3.C5H10N2O/c9-7(8(10)11)6-4-2-1-3-5-6;6-5(8)4-2-1-3-7-4/h1-5,7,9H,(H,10,11);4,7H,1-3H2,(H2,6,8)/t;4-/m.1/s1. The highest BCUT2D eigenvalue weighted by atomic mass is 16.4. The molecule has 1 aromatic rings. The highest BCUT2D eigenvalue weighted by molar-refractivity contribution is 5.80. The molecule has 19 heavy (non-hydrogen) atoms. The number of carbonyl (C=O) groups is 2. The maximum absolute atomic E-state index is 10.4. The number of rotatable bonds is 3. The van der Waals surface area contributed by atoms with Gasteiger partial charge in [0.05, 0.1) is 6.04 Å². The van der Waals surface area contributed by atoms with Crippen LogP contribution in [0, 0.1) is 0 Å². The molecule has 1 amide bonds. The summed E-state index contributed by atoms with van der Waals surface area (Å²) in [5.74, 6) is -1.45. The molecular weight excluding hydrogens is 248 g/mol. The SMILES string of the molecule is NC(=O)[C@H]1CCCN1.O=C(O)C(O)c1ccccc1. The molecule has 0 aliphatic carbocycles. The molecule has 1 aliphatic rings. The first-order chi connectivity index (χ1) is 9.02. The van der Waals surface area contributed by atoms with Crippen molar-refractivity contribution < 1.29 is 19.8 Å². The molecule has 1 heterocycles. The van der Waals surface area contributed by atoms with Crippen LogP contribution in [0.15, 0.2) is 30.3 Å². The van der Waals surface area contributed by atoms with Crippen molar-refractivity contribution in [1.29, 1.82) is 0 Å². The lowest BCUT2D eigenvalue weighted by Gasteiger charge is -2.03. The molecule has 0 saturated carbocycles. The number of nitrogens with one attached hydrogen (secondary N) is 1. The first kappa shape index (κ1) is 15.1. The molecule has 0 radical (unpaired) electrons. The summed E-state index contributed by atoms with van der Waals surface area (Å²) in [6.45, 7) is 0.938. The van der Waals surface area contributed by atoms with E-state index in [2.05, 4.69) is 5.32 Å². The van der Waals surface area contributed by atoms with Crippen LogP contribution < -0.4 is 11.1 Å². The van der Waals surface area contributed by atoms with Gasteiger partial charge in [-0.3, -0.25) is 4.79 Å². The first-order valence-electron chi connectivity index (χ1n) is 6.01. The minimum Gasteiger partial charge on any atom is -0.479 e. The van der Waals surface area contributed by atoms with Gasteiger partial charge in [-0.1, -0.05) is 30.3 Å². The van der Waals surface area contributed by atoms with E-state index in [0.29, 0.717) is 5.56 Å². The third-order valence-electron chi connectivity index (χ3n) is 2.75. The van der Waals surface area contributed by atoms with E-state index in [0.717, 1.165) is 19.4 Å². The van der Waals surface area contributed by atoms with Gasteiger partial charge in [-0.05, 0) is 24.9 Å². The first-order valence-corrected chi connectivity index (χ1v) is 6.01. The Balaban J connectivity index is 0.000000200. The van der Waals surface area contributed by atoms with E-state index in [4.69, 9.17) is 15.9 Å². The summed E-state index contributed by atoms with van der Waals surface area (Å²) in [7, 11) is 0. The van der Waals surface area contributed by atoms with E-state index >= 15 is 0 Å². The predicted octanol–water partition coefficient (Wildman–Crippen LogP) is 0.0283. The molecule has 6 heteroatoms. The summed E-state index contributed by atoms with van der Waals surface area (Å²) < 4.78 is 0. The van der Waals surface area contributed by atoms with Crippen LogP contribution in [0.2, 0.25) is 0 Å². The minimum absolute atomic E-state index is 0.0463. The van der Waals surface area contributed by atoms with E-state index in [1.54, 1.807) is 30.3 Å². The number of benzene rings is 1. The lowest BCUT2D eigenvalue weighted by molar-refractivity contribution is -0.146. The molecule has 1 unspecified atom stereocenters. The van der Waals surface area contributed by atoms with Crippen molar-refractivity contribution in [2.24, 2.45) is 5.73 Å². The zero-order chi connectivity index (χ0) is 14.3. The van der Waals surface area contributed by atoms with Crippen molar-refractivity contribution in [2.75, 3.05) is 6.54 Å². The van der Waals surface area contributed by atoms with Gasteiger partial charge in [0.25, 0.3) is 0 Å². The summed E-state index contributed by atoms with van der Waals surface area (Å²) in [6.07, 6.45) is 0.583. The van der Waals surface area contributed by atoms with E-state index in [1.807, 2.05) is 0 Å². The van der Waals surface area contributed by atoms with Crippen molar-refractivity contribution in [1.82, 2.24) is 5.32 Å². The second-order valence-corrected chi connectivity index (χ2v) is 4.20. The molecule has 5 N–H and O–H groups in total. The third kappa shape index (κ3) is 5.07. The van der Waals surface area contributed by atoms with Gasteiger partial charge >= 0.3 is 5.97 Å². The molecule has 1 saturated heterocycles. The fourth-order valence-corrected chi connectivity index (χ4v) is 1.71. The Morgan fingerprint density at radius 1 is 1.32 bits per heavy atom. The van der Waals surface area contributed by atoms with Crippen molar-refractivity contribution in [3.8, 4) is 0 Å². The Morgan fingerprint density at radius 3 is 2.32 bits per heavy atom. The van der Waals surface area contributed by atoms with Crippen molar-refractivity contribution in [3.05, 3.63) is 35.9 Å². The smallest absolute Gasteiger partial charge is 0.337 e. The van der Waals surface area contributed by atoms with Crippen LogP contribution in [0.3, 0.4) is 0 Å². The maximum Gasteiger partial charge on any atom is 0.337 e. The fourth-order valence-electron chi connectivity index (χ4n) is 1.71. The average Bonchev–Trinajstić information content (AvgIpc) is 2.93. The van der Waals surface area contributed by atoms with Gasteiger partial charge in [-0.25, -0.2) is 4.79 Å². The Bertz CT molecular complexity index is 416. The van der Waals surface area contributed by atoms with Crippen molar-refractivity contribution in [2.45, 2.75) is 25.0 Å². The third-order valence-corrected chi connectivity index (χ3v) is 2.75. The number of carboxylic acid groups (broad SMARTS) is 1. The number of hydrogen-bond donors (Lipinski definition) is 4. The topological polar surface area (TPSA) is 113 Å². The normalized spacial score (nSPS) is 19.1. The molecule has 2 atom stereocenters. The number of carbonyl (C=O) groups excluding carboxylic acids is 1. The Labute approximate surface area is 111 Å². The summed E-state index contributed by atoms with van der Waals surface area (Å²) in [4.78, 5) is 20.6. The average molecular weight is 266 g/mol. The quantitative estimate of drug-likeness (QED) is 0.616. The summed E-state index contributed by atoms with van der Waals surface area (Å²) in [6, 6.07) is 8.22. The Morgan fingerprint density at radius 2 is 1.95 bits per heavy atom. The van der Waals surface area contributed by atoms with Crippen LogP contribution in [0.1, 0.15) is 24.5 Å². The molecule has 2 rings (SSSR count). The summed E-state index contributed by atoms with van der Waals surface area (Å²) in [5.41, 5.74) is 5.40. The number of hydrogen-bond acceptors (Lipinski definition) is 4. The van der Waals surface area contributed by atoms with Crippen LogP contribution in [-0.2, 0) is 9.59 Å². The van der Waals surface area contributed by atoms with E-state index in [1.165, 1.54) is 0 Å². The second-order valence-electron chi connectivity index (χ2n) is 4.20. The second kappa shape index (κ2) is 7.50. The van der Waals surface area contributed by atoms with Gasteiger partial charge in [0.15, 0.2) is 6.10 Å². The van der Waals surface area contributed by atoms with Gasteiger partial charge in [0.2, 0.25) is 5.91 Å².